The van der Waals surface area contributed by atoms with Gasteiger partial charge in [0.15, 0.2) is 5.11 Å². The van der Waals surface area contributed by atoms with Crippen LogP contribution in [0.3, 0.4) is 0 Å². The van der Waals surface area contributed by atoms with Gasteiger partial charge in [0.25, 0.3) is 0 Å². The van der Waals surface area contributed by atoms with Crippen LogP contribution in [0.2, 0.25) is 5.02 Å². The number of aromatic nitrogens is 2. The molecule has 2 aromatic heterocycles. The Labute approximate surface area is 163 Å². The molecule has 0 saturated carbocycles. The lowest BCUT2D eigenvalue weighted by atomic mass is 10.0. The van der Waals surface area contributed by atoms with Gasteiger partial charge in [-0.15, -0.1) is 0 Å². The van der Waals surface area contributed by atoms with Gasteiger partial charge in [-0.1, -0.05) is 17.7 Å². The van der Waals surface area contributed by atoms with Crippen LogP contribution in [0.5, 0.6) is 0 Å². The van der Waals surface area contributed by atoms with Crippen molar-refractivity contribution in [1.29, 1.82) is 0 Å². The number of fused-ring (bicyclic) bond motifs is 1. The van der Waals surface area contributed by atoms with E-state index in [4.69, 9.17) is 23.8 Å². The third kappa shape index (κ3) is 3.08. The highest BCUT2D eigenvalue weighted by Crippen LogP contribution is 2.33. The van der Waals surface area contributed by atoms with Crippen molar-refractivity contribution in [3.63, 3.8) is 0 Å². The third-order valence-electron chi connectivity index (χ3n) is 4.83. The third-order valence-corrected chi connectivity index (χ3v) is 5.58. The summed E-state index contributed by atoms with van der Waals surface area (Å²) in [6.45, 7) is 3.73. The summed E-state index contributed by atoms with van der Waals surface area (Å²) in [6, 6.07) is 14.2. The van der Waals surface area contributed by atoms with Crippen molar-refractivity contribution in [3.05, 3.63) is 82.9 Å². The molecule has 1 aliphatic heterocycles. The highest BCUT2D eigenvalue weighted by Gasteiger charge is 2.30. The maximum Gasteiger partial charge on any atom is 0.174 e. The molecular weight excluding hydrogens is 364 g/mol. The lowest BCUT2D eigenvalue weighted by Gasteiger charge is -2.39. The lowest BCUT2D eigenvalue weighted by molar-refractivity contribution is 0.293. The Hall–Kier alpha value is -2.37. The molecule has 0 spiro atoms. The monoisotopic (exact) mass is 382 g/mol. The largest absolute Gasteiger partial charge is 0.348 e. The van der Waals surface area contributed by atoms with E-state index in [2.05, 4.69) is 38.1 Å². The summed E-state index contributed by atoms with van der Waals surface area (Å²) in [5.74, 6) is 0. The van der Waals surface area contributed by atoms with Crippen LogP contribution in [0, 0.1) is 6.92 Å². The molecule has 0 amide bonds. The van der Waals surface area contributed by atoms with E-state index in [-0.39, 0.29) is 6.04 Å². The molecule has 3 heterocycles. The van der Waals surface area contributed by atoms with E-state index in [1.54, 1.807) is 0 Å². The molecule has 1 atom stereocenters. The van der Waals surface area contributed by atoms with Gasteiger partial charge in [-0.3, -0.25) is 4.98 Å². The van der Waals surface area contributed by atoms with Crippen molar-refractivity contribution in [2.75, 3.05) is 11.9 Å². The Kier molecular flexibility index (Phi) is 4.66. The summed E-state index contributed by atoms with van der Waals surface area (Å²) >= 11 is 12.0. The van der Waals surface area contributed by atoms with E-state index in [0.717, 1.165) is 29.4 Å². The second-order valence-electron chi connectivity index (χ2n) is 6.35. The van der Waals surface area contributed by atoms with Crippen molar-refractivity contribution in [1.82, 2.24) is 14.5 Å². The molecule has 26 heavy (non-hydrogen) atoms. The van der Waals surface area contributed by atoms with Crippen LogP contribution in [0.1, 0.15) is 22.9 Å². The number of halogens is 1. The number of benzene rings is 1. The van der Waals surface area contributed by atoms with Crippen LogP contribution in [-0.4, -0.2) is 26.1 Å². The van der Waals surface area contributed by atoms with Gasteiger partial charge < -0.3 is 14.8 Å². The number of hydrogen-bond acceptors (Lipinski definition) is 2. The molecule has 1 N–H and O–H groups in total. The van der Waals surface area contributed by atoms with E-state index in [1.165, 1.54) is 11.3 Å². The van der Waals surface area contributed by atoms with Gasteiger partial charge in [-0.2, -0.15) is 0 Å². The second kappa shape index (κ2) is 7.09. The minimum absolute atomic E-state index is 0.0567. The fourth-order valence-electron chi connectivity index (χ4n) is 3.43. The molecule has 0 bridgehead atoms. The molecule has 4 nitrogen and oxygen atoms in total. The van der Waals surface area contributed by atoms with Gasteiger partial charge in [-0.05, 0) is 66.7 Å². The molecule has 1 aromatic carbocycles. The Balaban J connectivity index is 1.68. The lowest BCUT2D eigenvalue weighted by Crippen LogP contribution is -2.44. The standard InChI is InChI=1S/C20H19ClN4S/c1-14-16(21)4-2-5-17(14)23-20(26)25-13-12-24-11-3-6-18(24)19(25)15-7-9-22-10-8-15/h2-11,19H,12-13H2,1H3,(H,23,26)/t19-/m0/s1. The first-order valence-electron chi connectivity index (χ1n) is 8.53. The van der Waals surface area contributed by atoms with Crippen molar-refractivity contribution < 1.29 is 0 Å². The zero-order valence-electron chi connectivity index (χ0n) is 14.4. The van der Waals surface area contributed by atoms with Gasteiger partial charge >= 0.3 is 0 Å². The van der Waals surface area contributed by atoms with E-state index in [1.807, 2.05) is 49.6 Å². The van der Waals surface area contributed by atoms with E-state index >= 15 is 0 Å². The van der Waals surface area contributed by atoms with Crippen LogP contribution in [0.25, 0.3) is 0 Å². The number of nitrogens with zero attached hydrogens (tertiary/aromatic N) is 3. The van der Waals surface area contributed by atoms with Crippen LogP contribution in [-0.2, 0) is 6.54 Å². The molecule has 6 heteroatoms. The highest BCUT2D eigenvalue weighted by atomic mass is 35.5. The number of rotatable bonds is 2. The van der Waals surface area contributed by atoms with Crippen molar-refractivity contribution in [2.45, 2.75) is 19.5 Å². The number of thiocarbonyl (C=S) groups is 1. The van der Waals surface area contributed by atoms with Gasteiger partial charge in [0.05, 0.1) is 6.04 Å². The smallest absolute Gasteiger partial charge is 0.174 e. The van der Waals surface area contributed by atoms with Crippen molar-refractivity contribution in [2.24, 2.45) is 0 Å². The van der Waals surface area contributed by atoms with Gasteiger partial charge in [0.1, 0.15) is 0 Å². The Bertz CT molecular complexity index is 938. The molecule has 0 radical (unpaired) electrons. The number of pyridine rings is 1. The zero-order valence-corrected chi connectivity index (χ0v) is 16.0. The van der Waals surface area contributed by atoms with E-state index in [0.29, 0.717) is 5.11 Å². The molecule has 0 aliphatic carbocycles. The fraction of sp³-hybridized carbons (Fsp3) is 0.200. The Morgan fingerprint density at radius 3 is 2.77 bits per heavy atom. The average molecular weight is 383 g/mol. The minimum atomic E-state index is 0.0567. The zero-order chi connectivity index (χ0) is 18.1. The topological polar surface area (TPSA) is 33.1 Å². The second-order valence-corrected chi connectivity index (χ2v) is 7.14. The fourth-order valence-corrected chi connectivity index (χ4v) is 3.91. The summed E-state index contributed by atoms with van der Waals surface area (Å²) in [6.07, 6.45) is 5.78. The first kappa shape index (κ1) is 17.1. The first-order chi connectivity index (χ1) is 12.6. The summed E-state index contributed by atoms with van der Waals surface area (Å²) in [5, 5.41) is 4.82. The first-order valence-corrected chi connectivity index (χ1v) is 9.31. The van der Waals surface area contributed by atoms with Crippen LogP contribution in [0.15, 0.2) is 61.1 Å². The maximum atomic E-state index is 6.25. The van der Waals surface area contributed by atoms with Gasteiger partial charge in [0.2, 0.25) is 0 Å². The summed E-state index contributed by atoms with van der Waals surface area (Å²) in [4.78, 5) is 6.39. The maximum absolute atomic E-state index is 6.25. The van der Waals surface area contributed by atoms with Crippen molar-refractivity contribution >= 4 is 34.6 Å². The molecule has 4 rings (SSSR count). The van der Waals surface area contributed by atoms with Gasteiger partial charge in [-0.25, -0.2) is 0 Å². The quantitative estimate of drug-likeness (QED) is 0.654. The number of anilines is 1. The Morgan fingerprint density at radius 1 is 1.15 bits per heavy atom. The average Bonchev–Trinajstić information content (AvgIpc) is 3.14. The molecule has 0 fully saturated rings. The van der Waals surface area contributed by atoms with Crippen LogP contribution in [0.4, 0.5) is 5.69 Å². The minimum Gasteiger partial charge on any atom is -0.348 e. The van der Waals surface area contributed by atoms with Crippen molar-refractivity contribution in [3.8, 4) is 0 Å². The van der Waals surface area contributed by atoms with E-state index < -0.39 is 0 Å². The summed E-state index contributed by atoms with van der Waals surface area (Å²) < 4.78 is 2.29. The van der Waals surface area contributed by atoms with Crippen LogP contribution >= 0.6 is 23.8 Å². The molecule has 0 saturated heterocycles. The van der Waals surface area contributed by atoms with Gasteiger partial charge in [0, 0.05) is 48.1 Å². The normalized spacial score (nSPS) is 16.2. The molecule has 132 valence electrons. The molecular formula is C20H19ClN4S. The predicted molar refractivity (Wildman–Crippen MR) is 110 cm³/mol. The Morgan fingerprint density at radius 2 is 1.96 bits per heavy atom. The van der Waals surface area contributed by atoms with Crippen LogP contribution < -0.4 is 5.32 Å². The molecule has 0 unspecified atom stereocenters. The SMILES string of the molecule is Cc1c(Cl)cccc1NC(=S)N1CCn2cccc2[C@@H]1c1ccncc1. The molecule has 3 aromatic rings. The van der Waals surface area contributed by atoms with E-state index in [9.17, 15) is 0 Å². The molecule has 1 aliphatic rings. The predicted octanol–water partition coefficient (Wildman–Crippen LogP) is 4.65. The highest BCUT2D eigenvalue weighted by molar-refractivity contribution is 7.80. The number of hydrogen-bond donors (Lipinski definition) is 1. The number of nitrogens with one attached hydrogen (secondary N) is 1. The summed E-state index contributed by atoms with van der Waals surface area (Å²) in [7, 11) is 0. The summed E-state index contributed by atoms with van der Waals surface area (Å²) in [5.41, 5.74) is 4.34.